The molecule has 0 bridgehead atoms. The maximum atomic E-state index is 13.1. The van der Waals surface area contributed by atoms with Crippen LogP contribution in [0.25, 0.3) is 0 Å². The molecule has 3 rings (SSSR count). The van der Waals surface area contributed by atoms with E-state index < -0.39 is 4.92 Å². The van der Waals surface area contributed by atoms with Crippen molar-refractivity contribution in [3.8, 4) is 0 Å². The van der Waals surface area contributed by atoms with Gasteiger partial charge in [0.25, 0.3) is 11.6 Å². The summed E-state index contributed by atoms with van der Waals surface area (Å²) in [6, 6.07) is 23.0. The van der Waals surface area contributed by atoms with Crippen LogP contribution in [-0.2, 0) is 6.54 Å². The van der Waals surface area contributed by atoms with Gasteiger partial charge in [0.05, 0.1) is 17.2 Å². The largest absolute Gasteiger partial charge is 0.304 e. The summed E-state index contributed by atoms with van der Waals surface area (Å²) < 4.78 is 0. The van der Waals surface area contributed by atoms with Crippen LogP contribution < -0.4 is 4.90 Å². The lowest BCUT2D eigenvalue weighted by atomic mass is 10.1. The molecule has 0 aliphatic carbocycles. The van der Waals surface area contributed by atoms with Gasteiger partial charge in [-0.3, -0.25) is 14.9 Å². The van der Waals surface area contributed by atoms with E-state index in [1.54, 1.807) is 29.2 Å². The average Bonchev–Trinajstić information content (AvgIpc) is 2.67. The number of amides is 1. The second kappa shape index (κ2) is 7.61. The number of nitrogens with zero attached hydrogens (tertiary/aromatic N) is 2. The Morgan fingerprint density at radius 3 is 2.31 bits per heavy atom. The van der Waals surface area contributed by atoms with Gasteiger partial charge >= 0.3 is 0 Å². The Hall–Kier alpha value is -3.47. The molecule has 5 nitrogen and oxygen atoms in total. The van der Waals surface area contributed by atoms with Crippen LogP contribution in [0, 0.1) is 17.0 Å². The minimum Gasteiger partial charge on any atom is -0.304 e. The van der Waals surface area contributed by atoms with E-state index in [0.717, 1.165) is 11.1 Å². The molecule has 0 aromatic heterocycles. The lowest BCUT2D eigenvalue weighted by molar-refractivity contribution is -0.384. The van der Waals surface area contributed by atoms with E-state index in [1.165, 1.54) is 12.1 Å². The summed E-state index contributed by atoms with van der Waals surface area (Å²) in [4.78, 5) is 25.3. The van der Waals surface area contributed by atoms with Crippen LogP contribution in [0.5, 0.6) is 0 Å². The van der Waals surface area contributed by atoms with E-state index in [4.69, 9.17) is 0 Å². The van der Waals surface area contributed by atoms with Gasteiger partial charge in [-0.05, 0) is 30.7 Å². The second-order valence-electron chi connectivity index (χ2n) is 6.02. The summed E-state index contributed by atoms with van der Waals surface area (Å²) in [7, 11) is 0. The fourth-order valence-electron chi connectivity index (χ4n) is 2.67. The quantitative estimate of drug-likeness (QED) is 0.495. The van der Waals surface area contributed by atoms with Crippen molar-refractivity contribution in [3.63, 3.8) is 0 Å². The predicted molar refractivity (Wildman–Crippen MR) is 101 cm³/mol. The van der Waals surface area contributed by atoms with Crippen molar-refractivity contribution in [1.29, 1.82) is 0 Å². The van der Waals surface area contributed by atoms with Crippen molar-refractivity contribution in [1.82, 2.24) is 0 Å². The van der Waals surface area contributed by atoms with E-state index >= 15 is 0 Å². The molecular weight excluding hydrogens is 328 g/mol. The lowest BCUT2D eigenvalue weighted by Gasteiger charge is -2.23. The zero-order chi connectivity index (χ0) is 18.5. The van der Waals surface area contributed by atoms with Crippen LogP contribution in [0.1, 0.15) is 21.5 Å². The molecule has 0 unspecified atom stereocenters. The smallest absolute Gasteiger partial charge is 0.271 e. The van der Waals surface area contributed by atoms with Crippen LogP contribution in [0.15, 0.2) is 78.9 Å². The number of carbonyl (C=O) groups excluding carboxylic acids is 1. The SMILES string of the molecule is Cc1ccc(C(=O)N(Cc2ccccc2)c2cccc([N+](=O)[O-])c2)cc1. The summed E-state index contributed by atoms with van der Waals surface area (Å²) in [5.74, 6) is -0.200. The van der Waals surface area contributed by atoms with Gasteiger partial charge in [-0.1, -0.05) is 54.1 Å². The van der Waals surface area contributed by atoms with Crippen molar-refractivity contribution in [2.75, 3.05) is 4.90 Å². The molecule has 0 radical (unpaired) electrons. The minimum absolute atomic E-state index is 0.0442. The molecule has 3 aromatic carbocycles. The zero-order valence-electron chi connectivity index (χ0n) is 14.3. The summed E-state index contributed by atoms with van der Waals surface area (Å²) >= 11 is 0. The van der Waals surface area contributed by atoms with Crippen LogP contribution in [0.3, 0.4) is 0 Å². The maximum absolute atomic E-state index is 13.1. The molecule has 1 amide bonds. The van der Waals surface area contributed by atoms with Gasteiger partial charge in [-0.25, -0.2) is 0 Å². The van der Waals surface area contributed by atoms with Gasteiger partial charge in [-0.2, -0.15) is 0 Å². The number of rotatable bonds is 5. The molecule has 26 heavy (non-hydrogen) atoms. The molecule has 0 fully saturated rings. The zero-order valence-corrected chi connectivity index (χ0v) is 14.3. The molecule has 0 spiro atoms. The van der Waals surface area contributed by atoms with Gasteiger partial charge in [0.2, 0.25) is 0 Å². The lowest BCUT2D eigenvalue weighted by Crippen LogP contribution is -2.30. The monoisotopic (exact) mass is 346 g/mol. The first-order valence-electron chi connectivity index (χ1n) is 8.21. The van der Waals surface area contributed by atoms with E-state index in [0.29, 0.717) is 17.8 Å². The first kappa shape index (κ1) is 17.4. The highest BCUT2D eigenvalue weighted by molar-refractivity contribution is 6.06. The number of hydrogen-bond acceptors (Lipinski definition) is 3. The van der Waals surface area contributed by atoms with Crippen molar-refractivity contribution < 1.29 is 9.72 Å². The fraction of sp³-hybridized carbons (Fsp3) is 0.0952. The minimum atomic E-state index is -0.458. The molecule has 0 aliphatic rings. The molecule has 0 saturated heterocycles. The fourth-order valence-corrected chi connectivity index (χ4v) is 2.67. The molecule has 130 valence electrons. The number of benzene rings is 3. The third-order valence-corrected chi connectivity index (χ3v) is 4.08. The number of aryl methyl sites for hydroxylation is 1. The summed E-state index contributed by atoms with van der Waals surface area (Å²) in [5.41, 5.74) is 3.00. The molecule has 0 atom stereocenters. The Morgan fingerprint density at radius 2 is 1.65 bits per heavy atom. The van der Waals surface area contributed by atoms with Gasteiger partial charge in [0.15, 0.2) is 0 Å². The Kier molecular flexibility index (Phi) is 5.08. The molecule has 0 saturated carbocycles. The molecule has 3 aromatic rings. The van der Waals surface area contributed by atoms with Crippen molar-refractivity contribution in [2.45, 2.75) is 13.5 Å². The third-order valence-electron chi connectivity index (χ3n) is 4.08. The standard InChI is InChI=1S/C21H18N2O3/c1-16-10-12-18(13-11-16)21(24)22(15-17-6-3-2-4-7-17)19-8-5-9-20(14-19)23(25)26/h2-14H,15H2,1H3. The second-order valence-corrected chi connectivity index (χ2v) is 6.02. The molecule has 5 heteroatoms. The molecule has 0 N–H and O–H groups in total. The van der Waals surface area contributed by atoms with Crippen LogP contribution in [0.2, 0.25) is 0 Å². The first-order chi connectivity index (χ1) is 12.5. The number of hydrogen-bond donors (Lipinski definition) is 0. The van der Waals surface area contributed by atoms with Gasteiger partial charge in [0, 0.05) is 17.7 Å². The summed E-state index contributed by atoms with van der Waals surface area (Å²) in [5, 5.41) is 11.1. The van der Waals surface area contributed by atoms with Crippen LogP contribution in [0.4, 0.5) is 11.4 Å². The van der Waals surface area contributed by atoms with Crippen molar-refractivity contribution >= 4 is 17.3 Å². The highest BCUT2D eigenvalue weighted by Gasteiger charge is 2.20. The predicted octanol–water partition coefficient (Wildman–Crippen LogP) is 4.75. The average molecular weight is 346 g/mol. The van der Waals surface area contributed by atoms with E-state index in [9.17, 15) is 14.9 Å². The maximum Gasteiger partial charge on any atom is 0.271 e. The van der Waals surface area contributed by atoms with E-state index in [1.807, 2.05) is 49.4 Å². The van der Waals surface area contributed by atoms with Gasteiger partial charge in [0.1, 0.15) is 0 Å². The van der Waals surface area contributed by atoms with Crippen molar-refractivity contribution in [3.05, 3.63) is 106 Å². The van der Waals surface area contributed by atoms with Crippen molar-refractivity contribution in [2.24, 2.45) is 0 Å². The summed E-state index contributed by atoms with van der Waals surface area (Å²) in [6.07, 6.45) is 0. The Bertz CT molecular complexity index is 922. The molecular formula is C21H18N2O3. The molecule has 0 heterocycles. The summed E-state index contributed by atoms with van der Waals surface area (Å²) in [6.45, 7) is 2.28. The Balaban J connectivity index is 2.01. The Morgan fingerprint density at radius 1 is 0.962 bits per heavy atom. The first-order valence-corrected chi connectivity index (χ1v) is 8.21. The number of carbonyl (C=O) groups is 1. The van der Waals surface area contributed by atoms with Gasteiger partial charge < -0.3 is 4.90 Å². The van der Waals surface area contributed by atoms with E-state index in [2.05, 4.69) is 0 Å². The third kappa shape index (κ3) is 3.95. The number of non-ortho nitro benzene ring substituents is 1. The highest BCUT2D eigenvalue weighted by atomic mass is 16.6. The van der Waals surface area contributed by atoms with Crippen LogP contribution >= 0.6 is 0 Å². The van der Waals surface area contributed by atoms with Gasteiger partial charge in [-0.15, -0.1) is 0 Å². The van der Waals surface area contributed by atoms with Crippen LogP contribution in [-0.4, -0.2) is 10.8 Å². The topological polar surface area (TPSA) is 63.5 Å². The number of nitro groups is 1. The highest BCUT2D eigenvalue weighted by Crippen LogP contribution is 2.25. The van der Waals surface area contributed by atoms with E-state index in [-0.39, 0.29) is 11.6 Å². The molecule has 0 aliphatic heterocycles. The number of nitro benzene ring substituents is 1. The normalized spacial score (nSPS) is 10.3. The number of anilines is 1. The Labute approximate surface area is 151 Å².